The molecular formula is C14H21F2NS. The molecule has 1 nitrogen and oxygen atoms in total. The normalized spacial score (nSPS) is 12.7. The number of thioether (sulfide) groups is 1. The highest BCUT2D eigenvalue weighted by atomic mass is 32.2. The van der Waals surface area contributed by atoms with Gasteiger partial charge in [0.1, 0.15) is 11.6 Å². The molecule has 0 aromatic heterocycles. The van der Waals surface area contributed by atoms with Crippen molar-refractivity contribution in [3.8, 4) is 0 Å². The van der Waals surface area contributed by atoms with Crippen molar-refractivity contribution in [3.63, 3.8) is 0 Å². The smallest absolute Gasteiger partial charge is 0.126 e. The van der Waals surface area contributed by atoms with Crippen LogP contribution in [0.15, 0.2) is 18.2 Å². The topological polar surface area (TPSA) is 12.0 Å². The molecule has 0 heterocycles. The molecule has 0 spiro atoms. The fourth-order valence-corrected chi connectivity index (χ4v) is 2.52. The molecule has 0 aliphatic carbocycles. The van der Waals surface area contributed by atoms with Crippen molar-refractivity contribution in [2.45, 2.75) is 32.7 Å². The maximum Gasteiger partial charge on any atom is 0.126 e. The summed E-state index contributed by atoms with van der Waals surface area (Å²) < 4.78 is 26.7. The van der Waals surface area contributed by atoms with Gasteiger partial charge in [0.05, 0.1) is 0 Å². The minimum atomic E-state index is -0.371. The first kappa shape index (κ1) is 15.4. The summed E-state index contributed by atoms with van der Waals surface area (Å²) in [6.45, 7) is 5.11. The van der Waals surface area contributed by atoms with Gasteiger partial charge in [0.25, 0.3) is 0 Å². The summed E-state index contributed by atoms with van der Waals surface area (Å²) in [4.78, 5) is 0. The largest absolute Gasteiger partial charge is 0.313 e. The molecule has 4 heteroatoms. The van der Waals surface area contributed by atoms with Gasteiger partial charge in [-0.25, -0.2) is 8.78 Å². The molecule has 18 heavy (non-hydrogen) atoms. The zero-order valence-electron chi connectivity index (χ0n) is 11.0. The van der Waals surface area contributed by atoms with Gasteiger partial charge in [-0.15, -0.1) is 0 Å². The van der Waals surface area contributed by atoms with E-state index in [-0.39, 0.29) is 17.7 Å². The Morgan fingerprint density at radius 3 is 2.72 bits per heavy atom. The van der Waals surface area contributed by atoms with Crippen molar-refractivity contribution in [3.05, 3.63) is 35.4 Å². The van der Waals surface area contributed by atoms with Crippen molar-refractivity contribution in [1.29, 1.82) is 0 Å². The first-order valence-corrected chi connectivity index (χ1v) is 7.57. The summed E-state index contributed by atoms with van der Waals surface area (Å²) in [7, 11) is 0. The van der Waals surface area contributed by atoms with Crippen molar-refractivity contribution < 1.29 is 8.78 Å². The first-order valence-electron chi connectivity index (χ1n) is 6.42. The summed E-state index contributed by atoms with van der Waals surface area (Å²) in [5.41, 5.74) is 0.459. The molecule has 102 valence electrons. The molecule has 1 aromatic carbocycles. The highest BCUT2D eigenvalue weighted by Crippen LogP contribution is 2.14. The van der Waals surface area contributed by atoms with Gasteiger partial charge in [-0.05, 0) is 48.9 Å². The Bertz CT molecular complexity index is 350. The van der Waals surface area contributed by atoms with Gasteiger partial charge in [0.2, 0.25) is 0 Å². The number of nitrogens with one attached hydrogen (secondary N) is 1. The van der Waals surface area contributed by atoms with Crippen molar-refractivity contribution >= 4 is 11.8 Å². The molecule has 1 rings (SSSR count). The molecule has 0 saturated carbocycles. The minimum absolute atomic E-state index is 0.200. The molecule has 1 N–H and O–H groups in total. The molecule has 0 amide bonds. The van der Waals surface area contributed by atoms with Crippen LogP contribution in [0.5, 0.6) is 0 Å². The average molecular weight is 273 g/mol. The van der Waals surface area contributed by atoms with Gasteiger partial charge in [-0.1, -0.05) is 13.8 Å². The Balaban J connectivity index is 2.65. The monoisotopic (exact) mass is 273 g/mol. The second-order valence-corrected chi connectivity index (χ2v) is 5.57. The van der Waals surface area contributed by atoms with Gasteiger partial charge in [0, 0.05) is 11.8 Å². The standard InChI is InChI=1S/C14H21F2NS/c1-3-7-17-13(10-18-4-2)9-11-8-12(15)5-6-14(11)16/h5-6,8,13,17H,3-4,7,9-10H2,1-2H3. The lowest BCUT2D eigenvalue weighted by molar-refractivity contribution is 0.525. The van der Waals surface area contributed by atoms with E-state index in [9.17, 15) is 8.78 Å². The molecule has 0 aliphatic heterocycles. The van der Waals surface area contributed by atoms with E-state index in [1.54, 1.807) is 0 Å². The third kappa shape index (κ3) is 5.36. The van der Waals surface area contributed by atoms with Crippen LogP contribution in [0.3, 0.4) is 0 Å². The average Bonchev–Trinajstić information content (AvgIpc) is 2.37. The van der Waals surface area contributed by atoms with E-state index in [0.29, 0.717) is 12.0 Å². The van der Waals surface area contributed by atoms with E-state index < -0.39 is 0 Å². The second-order valence-electron chi connectivity index (χ2n) is 4.25. The van der Waals surface area contributed by atoms with Crippen LogP contribution in [-0.2, 0) is 6.42 Å². The van der Waals surface area contributed by atoms with E-state index in [1.165, 1.54) is 12.1 Å². The lowest BCUT2D eigenvalue weighted by Gasteiger charge is -2.18. The summed E-state index contributed by atoms with van der Waals surface area (Å²) in [6.07, 6.45) is 1.58. The minimum Gasteiger partial charge on any atom is -0.313 e. The molecule has 1 unspecified atom stereocenters. The third-order valence-corrected chi connectivity index (χ3v) is 3.73. The summed E-state index contributed by atoms with van der Waals surface area (Å²) in [5.74, 6) is 1.27. The number of benzene rings is 1. The van der Waals surface area contributed by atoms with Crippen LogP contribution < -0.4 is 5.32 Å². The Morgan fingerprint density at radius 1 is 1.28 bits per heavy atom. The molecule has 0 saturated heterocycles. The summed E-state index contributed by atoms with van der Waals surface area (Å²) in [6, 6.07) is 3.86. The predicted molar refractivity (Wildman–Crippen MR) is 75.1 cm³/mol. The van der Waals surface area contributed by atoms with Gasteiger partial charge in [-0.2, -0.15) is 11.8 Å². The lowest BCUT2D eigenvalue weighted by Crippen LogP contribution is -2.34. The number of hydrogen-bond donors (Lipinski definition) is 1. The Morgan fingerprint density at radius 2 is 2.06 bits per heavy atom. The van der Waals surface area contributed by atoms with E-state index in [4.69, 9.17) is 0 Å². The second kappa shape index (κ2) is 8.48. The summed E-state index contributed by atoms with van der Waals surface area (Å²) in [5, 5.41) is 3.39. The van der Waals surface area contributed by atoms with Crippen molar-refractivity contribution in [2.75, 3.05) is 18.1 Å². The molecule has 0 radical (unpaired) electrons. The lowest BCUT2D eigenvalue weighted by atomic mass is 10.1. The fourth-order valence-electron chi connectivity index (χ4n) is 1.76. The van der Waals surface area contributed by atoms with E-state index in [1.807, 2.05) is 11.8 Å². The van der Waals surface area contributed by atoms with E-state index in [0.717, 1.165) is 30.5 Å². The predicted octanol–water partition coefficient (Wildman–Crippen LogP) is 3.63. The van der Waals surface area contributed by atoms with E-state index in [2.05, 4.69) is 19.2 Å². The highest BCUT2D eigenvalue weighted by molar-refractivity contribution is 7.99. The van der Waals surface area contributed by atoms with Crippen LogP contribution in [-0.4, -0.2) is 24.1 Å². The number of hydrogen-bond acceptors (Lipinski definition) is 2. The number of rotatable bonds is 8. The molecule has 0 fully saturated rings. The molecule has 0 aliphatic rings. The zero-order chi connectivity index (χ0) is 13.4. The Labute approximate surface area is 112 Å². The van der Waals surface area contributed by atoms with Crippen LogP contribution in [0, 0.1) is 11.6 Å². The Hall–Kier alpha value is -0.610. The van der Waals surface area contributed by atoms with Crippen LogP contribution in [0.4, 0.5) is 8.78 Å². The van der Waals surface area contributed by atoms with Gasteiger partial charge in [0.15, 0.2) is 0 Å². The molecule has 1 atom stereocenters. The quantitative estimate of drug-likeness (QED) is 0.776. The highest BCUT2D eigenvalue weighted by Gasteiger charge is 2.12. The third-order valence-electron chi connectivity index (χ3n) is 2.68. The molecule has 0 bridgehead atoms. The fraction of sp³-hybridized carbons (Fsp3) is 0.571. The van der Waals surface area contributed by atoms with Crippen molar-refractivity contribution in [1.82, 2.24) is 5.32 Å². The van der Waals surface area contributed by atoms with E-state index >= 15 is 0 Å². The van der Waals surface area contributed by atoms with Crippen LogP contribution >= 0.6 is 11.8 Å². The van der Waals surface area contributed by atoms with Gasteiger partial charge in [-0.3, -0.25) is 0 Å². The Kier molecular flexibility index (Phi) is 7.28. The number of halogens is 2. The van der Waals surface area contributed by atoms with Crippen LogP contribution in [0.2, 0.25) is 0 Å². The first-order chi connectivity index (χ1) is 8.67. The van der Waals surface area contributed by atoms with Crippen LogP contribution in [0.25, 0.3) is 0 Å². The van der Waals surface area contributed by atoms with Crippen LogP contribution in [0.1, 0.15) is 25.8 Å². The summed E-state index contributed by atoms with van der Waals surface area (Å²) >= 11 is 1.82. The maximum absolute atomic E-state index is 13.6. The maximum atomic E-state index is 13.6. The molecule has 1 aromatic rings. The molecular weight excluding hydrogens is 252 g/mol. The van der Waals surface area contributed by atoms with Crippen molar-refractivity contribution in [2.24, 2.45) is 0 Å². The SMILES string of the molecule is CCCNC(CSCC)Cc1cc(F)ccc1F. The zero-order valence-corrected chi connectivity index (χ0v) is 11.8. The van der Waals surface area contributed by atoms with Gasteiger partial charge < -0.3 is 5.32 Å². The van der Waals surface area contributed by atoms with Gasteiger partial charge >= 0.3 is 0 Å².